The molecule has 2 heteroatoms. The fraction of sp³-hybridized carbons (Fsp3) is 0.273. The molecule has 2 nitrogen and oxygen atoms in total. The van der Waals surface area contributed by atoms with Crippen molar-refractivity contribution in [2.75, 3.05) is 0 Å². The molecule has 0 radical (unpaired) electrons. The topological polar surface area (TPSA) is 40.9 Å². The summed E-state index contributed by atoms with van der Waals surface area (Å²) in [4.78, 5) is 11.0. The number of hydrogen-bond acceptors (Lipinski definition) is 2. The van der Waals surface area contributed by atoms with Crippen LogP contribution in [0.2, 0.25) is 0 Å². The lowest BCUT2D eigenvalue weighted by Gasteiger charge is -2.05. The zero-order valence-electron chi connectivity index (χ0n) is 7.92. The zero-order chi connectivity index (χ0) is 9.84. The highest BCUT2D eigenvalue weighted by atomic mass is 16.1. The van der Waals surface area contributed by atoms with Crippen LogP contribution in [0.3, 0.4) is 0 Å². The Balaban J connectivity index is 3.13. The molecule has 0 unspecified atom stereocenters. The van der Waals surface area contributed by atoms with Crippen molar-refractivity contribution in [3.63, 3.8) is 0 Å². The van der Waals surface area contributed by atoms with Crippen molar-refractivity contribution < 1.29 is 4.79 Å². The largest absolute Gasteiger partial charge is 0.297 e. The van der Waals surface area contributed by atoms with E-state index in [1.807, 2.05) is 31.2 Å². The zero-order valence-corrected chi connectivity index (χ0v) is 7.92. The quantitative estimate of drug-likeness (QED) is 0.703. The van der Waals surface area contributed by atoms with Gasteiger partial charge < -0.3 is 0 Å². The first-order valence-corrected chi connectivity index (χ1v) is 4.34. The molecule has 1 rings (SSSR count). The number of ketones is 1. The first-order chi connectivity index (χ1) is 6.16. The second-order valence-electron chi connectivity index (χ2n) is 2.94. The SMILES string of the molecule is CCc1ccccc1C(=N)C(C)=O. The first-order valence-electron chi connectivity index (χ1n) is 4.34. The van der Waals surface area contributed by atoms with Gasteiger partial charge in [-0.15, -0.1) is 0 Å². The molecular formula is C11H13NO. The number of rotatable bonds is 3. The molecule has 13 heavy (non-hydrogen) atoms. The average molecular weight is 175 g/mol. The maximum Gasteiger partial charge on any atom is 0.178 e. The number of benzene rings is 1. The van der Waals surface area contributed by atoms with Gasteiger partial charge in [-0.3, -0.25) is 10.2 Å². The van der Waals surface area contributed by atoms with E-state index in [1.165, 1.54) is 6.92 Å². The number of carbonyl (C=O) groups excluding carboxylic acids is 1. The van der Waals surface area contributed by atoms with Gasteiger partial charge in [0.2, 0.25) is 0 Å². The number of aryl methyl sites for hydroxylation is 1. The summed E-state index contributed by atoms with van der Waals surface area (Å²) in [5.41, 5.74) is 1.93. The Labute approximate surface area is 78.1 Å². The summed E-state index contributed by atoms with van der Waals surface area (Å²) in [6.45, 7) is 3.45. The monoisotopic (exact) mass is 175 g/mol. The van der Waals surface area contributed by atoms with Gasteiger partial charge >= 0.3 is 0 Å². The van der Waals surface area contributed by atoms with Crippen molar-refractivity contribution >= 4 is 11.5 Å². The molecule has 0 atom stereocenters. The Morgan fingerprint density at radius 1 is 1.38 bits per heavy atom. The standard InChI is InChI=1S/C11H13NO/c1-3-9-6-4-5-7-10(9)11(12)8(2)13/h4-7,12H,3H2,1-2H3. The second-order valence-corrected chi connectivity index (χ2v) is 2.94. The predicted molar refractivity (Wildman–Crippen MR) is 53.3 cm³/mol. The molecule has 0 spiro atoms. The van der Waals surface area contributed by atoms with Gasteiger partial charge in [-0.05, 0) is 12.0 Å². The van der Waals surface area contributed by atoms with Crippen LogP contribution in [-0.4, -0.2) is 11.5 Å². The van der Waals surface area contributed by atoms with E-state index < -0.39 is 0 Å². The second kappa shape index (κ2) is 3.99. The smallest absolute Gasteiger partial charge is 0.178 e. The Bertz CT molecular complexity index is 342. The van der Waals surface area contributed by atoms with E-state index >= 15 is 0 Å². The summed E-state index contributed by atoms with van der Waals surface area (Å²) < 4.78 is 0. The Kier molecular flexibility index (Phi) is 2.96. The summed E-state index contributed by atoms with van der Waals surface area (Å²) in [5.74, 6) is -0.180. The van der Waals surface area contributed by atoms with E-state index in [4.69, 9.17) is 5.41 Å². The third-order valence-corrected chi connectivity index (χ3v) is 2.02. The van der Waals surface area contributed by atoms with Gasteiger partial charge in [0, 0.05) is 12.5 Å². The van der Waals surface area contributed by atoms with Crippen molar-refractivity contribution in [1.82, 2.24) is 0 Å². The maximum atomic E-state index is 11.0. The van der Waals surface area contributed by atoms with Crippen LogP contribution >= 0.6 is 0 Å². The van der Waals surface area contributed by atoms with Crippen molar-refractivity contribution in [2.45, 2.75) is 20.3 Å². The van der Waals surface area contributed by atoms with Crippen LogP contribution in [0.1, 0.15) is 25.0 Å². The van der Waals surface area contributed by atoms with Crippen LogP contribution in [0.4, 0.5) is 0 Å². The lowest BCUT2D eigenvalue weighted by molar-refractivity contribution is -0.111. The number of nitrogens with one attached hydrogen (secondary N) is 1. The molecule has 0 fully saturated rings. The third-order valence-electron chi connectivity index (χ3n) is 2.02. The minimum absolute atomic E-state index is 0.109. The van der Waals surface area contributed by atoms with Gasteiger partial charge in [0.25, 0.3) is 0 Å². The summed E-state index contributed by atoms with van der Waals surface area (Å²) in [6, 6.07) is 7.55. The van der Waals surface area contributed by atoms with Gasteiger partial charge in [0.1, 0.15) is 5.71 Å². The Morgan fingerprint density at radius 3 is 2.54 bits per heavy atom. The number of carbonyl (C=O) groups is 1. The van der Waals surface area contributed by atoms with Crippen molar-refractivity contribution in [1.29, 1.82) is 5.41 Å². The molecule has 0 aromatic heterocycles. The van der Waals surface area contributed by atoms with E-state index in [-0.39, 0.29) is 11.5 Å². The normalized spacial score (nSPS) is 9.69. The summed E-state index contributed by atoms with van der Waals surface area (Å²) in [7, 11) is 0. The third kappa shape index (κ3) is 2.02. The molecule has 68 valence electrons. The average Bonchev–Trinajstić information content (AvgIpc) is 2.16. The van der Waals surface area contributed by atoms with Crippen molar-refractivity contribution in [3.05, 3.63) is 35.4 Å². The van der Waals surface area contributed by atoms with Crippen LogP contribution in [-0.2, 0) is 11.2 Å². The molecule has 1 aromatic rings. The van der Waals surface area contributed by atoms with Crippen molar-refractivity contribution in [3.8, 4) is 0 Å². The molecule has 1 N–H and O–H groups in total. The molecule has 0 heterocycles. The van der Waals surface area contributed by atoms with Gasteiger partial charge in [-0.25, -0.2) is 0 Å². The molecule has 0 aliphatic rings. The molecular weight excluding hydrogens is 162 g/mol. The fourth-order valence-corrected chi connectivity index (χ4v) is 1.26. The lowest BCUT2D eigenvalue weighted by Crippen LogP contribution is -2.11. The maximum absolute atomic E-state index is 11.0. The Morgan fingerprint density at radius 2 is 2.00 bits per heavy atom. The van der Waals surface area contributed by atoms with Gasteiger partial charge in [-0.1, -0.05) is 31.2 Å². The minimum atomic E-state index is -0.180. The van der Waals surface area contributed by atoms with E-state index in [0.29, 0.717) is 0 Å². The van der Waals surface area contributed by atoms with Gasteiger partial charge in [-0.2, -0.15) is 0 Å². The highest BCUT2D eigenvalue weighted by molar-refractivity contribution is 6.44. The first kappa shape index (κ1) is 9.65. The molecule has 1 aromatic carbocycles. The minimum Gasteiger partial charge on any atom is -0.297 e. The fourth-order valence-electron chi connectivity index (χ4n) is 1.26. The highest BCUT2D eigenvalue weighted by Gasteiger charge is 2.09. The summed E-state index contributed by atoms with van der Waals surface area (Å²) in [6.07, 6.45) is 0.853. The molecule has 0 amide bonds. The number of Topliss-reactive ketones (excluding diaryl/α,β-unsaturated/α-hetero) is 1. The molecule has 0 aliphatic carbocycles. The van der Waals surface area contributed by atoms with Crippen LogP contribution in [0.5, 0.6) is 0 Å². The van der Waals surface area contributed by atoms with Crippen LogP contribution in [0, 0.1) is 5.41 Å². The molecule has 0 bridgehead atoms. The highest BCUT2D eigenvalue weighted by Crippen LogP contribution is 2.10. The van der Waals surface area contributed by atoms with Gasteiger partial charge in [0.15, 0.2) is 5.78 Å². The lowest BCUT2D eigenvalue weighted by atomic mass is 9.99. The molecule has 0 aliphatic heterocycles. The summed E-state index contributed by atoms with van der Waals surface area (Å²) in [5, 5.41) is 7.58. The van der Waals surface area contributed by atoms with E-state index in [2.05, 4.69) is 0 Å². The molecule has 0 saturated carbocycles. The number of hydrogen-bond donors (Lipinski definition) is 1. The van der Waals surface area contributed by atoms with Crippen LogP contribution in [0.25, 0.3) is 0 Å². The summed E-state index contributed by atoms with van der Waals surface area (Å²) >= 11 is 0. The van der Waals surface area contributed by atoms with E-state index in [0.717, 1.165) is 17.5 Å². The van der Waals surface area contributed by atoms with E-state index in [9.17, 15) is 4.79 Å². The molecule has 0 saturated heterocycles. The van der Waals surface area contributed by atoms with Crippen LogP contribution in [0.15, 0.2) is 24.3 Å². The van der Waals surface area contributed by atoms with Crippen LogP contribution < -0.4 is 0 Å². The van der Waals surface area contributed by atoms with Gasteiger partial charge in [0.05, 0.1) is 0 Å². The Hall–Kier alpha value is -1.44. The van der Waals surface area contributed by atoms with Crippen molar-refractivity contribution in [2.24, 2.45) is 0 Å². The van der Waals surface area contributed by atoms with E-state index in [1.54, 1.807) is 0 Å². The predicted octanol–water partition coefficient (Wildman–Crippen LogP) is 2.21.